The fourth-order valence-electron chi connectivity index (χ4n) is 2.75. The van der Waals surface area contributed by atoms with E-state index in [0.29, 0.717) is 18.2 Å². The Balaban J connectivity index is 0.00000264. The van der Waals surface area contributed by atoms with Crippen LogP contribution < -0.4 is 10.6 Å². The van der Waals surface area contributed by atoms with E-state index in [1.54, 1.807) is 18.2 Å². The average Bonchev–Trinajstić information content (AvgIpc) is 2.55. The fraction of sp³-hybridized carbons (Fsp3) is 0.500. The van der Waals surface area contributed by atoms with Crippen molar-refractivity contribution < 1.29 is 9.18 Å². The van der Waals surface area contributed by atoms with Crippen molar-refractivity contribution in [1.29, 1.82) is 0 Å². The van der Waals surface area contributed by atoms with Crippen molar-refractivity contribution in [3.8, 4) is 0 Å². The number of rotatable bonds is 7. The molecule has 1 fully saturated rings. The van der Waals surface area contributed by atoms with Gasteiger partial charge in [0.15, 0.2) is 0 Å². The summed E-state index contributed by atoms with van der Waals surface area (Å²) in [5.74, 6) is -0.496. The van der Waals surface area contributed by atoms with Gasteiger partial charge in [0, 0.05) is 24.2 Å². The zero-order chi connectivity index (χ0) is 15.6. The van der Waals surface area contributed by atoms with E-state index in [4.69, 9.17) is 0 Å². The minimum Gasteiger partial charge on any atom is -0.353 e. The van der Waals surface area contributed by atoms with Crippen LogP contribution in [0.3, 0.4) is 0 Å². The average molecular weight is 341 g/mol. The number of hydrogen-bond donors (Lipinski definition) is 2. The molecule has 2 N–H and O–H groups in total. The van der Waals surface area contributed by atoms with E-state index in [1.807, 2.05) is 0 Å². The molecule has 0 aromatic heterocycles. The Morgan fingerprint density at radius 3 is 2.65 bits per heavy atom. The van der Waals surface area contributed by atoms with Gasteiger partial charge in [-0.1, -0.05) is 37.5 Å². The minimum atomic E-state index is -0.316. The number of amides is 1. The Bertz CT molecular complexity index is 502. The van der Waals surface area contributed by atoms with Gasteiger partial charge in [0.25, 0.3) is 0 Å². The number of carbonyl (C=O) groups is 1. The third-order valence-electron chi connectivity index (χ3n) is 4.01. The SMILES string of the molecule is Cl.O=C(/C=C/c1ccccc1F)NCCCNC1CCCCC1. The van der Waals surface area contributed by atoms with Crippen LogP contribution in [0.5, 0.6) is 0 Å². The van der Waals surface area contributed by atoms with Crippen LogP contribution >= 0.6 is 12.4 Å². The molecule has 0 radical (unpaired) electrons. The molecule has 0 spiro atoms. The van der Waals surface area contributed by atoms with Crippen LogP contribution in [-0.4, -0.2) is 25.0 Å². The molecule has 128 valence electrons. The molecule has 1 aromatic rings. The molecule has 0 heterocycles. The van der Waals surface area contributed by atoms with E-state index >= 15 is 0 Å². The van der Waals surface area contributed by atoms with Crippen LogP contribution in [0.4, 0.5) is 4.39 Å². The molecule has 1 aliphatic carbocycles. The summed E-state index contributed by atoms with van der Waals surface area (Å²) in [6, 6.07) is 7.07. The standard InChI is InChI=1S/C18H25FN2O.ClH/c19-17-10-5-4-7-15(17)11-12-18(22)21-14-6-13-20-16-8-2-1-3-9-16;/h4-5,7,10-12,16,20H,1-3,6,8-9,13-14H2,(H,21,22);1H/b12-11+;. The first-order chi connectivity index (χ1) is 10.8. The summed E-state index contributed by atoms with van der Waals surface area (Å²) in [6.45, 7) is 1.57. The predicted octanol–water partition coefficient (Wildman–Crippen LogP) is 3.69. The van der Waals surface area contributed by atoms with Crippen LogP contribution in [0.1, 0.15) is 44.1 Å². The van der Waals surface area contributed by atoms with Gasteiger partial charge in [-0.3, -0.25) is 4.79 Å². The number of carbonyl (C=O) groups excluding carboxylic acids is 1. The van der Waals surface area contributed by atoms with Gasteiger partial charge >= 0.3 is 0 Å². The highest BCUT2D eigenvalue weighted by Gasteiger charge is 2.11. The fourth-order valence-corrected chi connectivity index (χ4v) is 2.75. The Morgan fingerprint density at radius 2 is 1.91 bits per heavy atom. The lowest BCUT2D eigenvalue weighted by Crippen LogP contribution is -2.33. The molecule has 0 saturated heterocycles. The molecule has 3 nitrogen and oxygen atoms in total. The number of hydrogen-bond acceptors (Lipinski definition) is 2. The molecule has 0 aliphatic heterocycles. The first-order valence-corrected chi connectivity index (χ1v) is 8.19. The Morgan fingerprint density at radius 1 is 1.17 bits per heavy atom. The van der Waals surface area contributed by atoms with Crippen LogP contribution in [-0.2, 0) is 4.79 Å². The quantitative estimate of drug-likeness (QED) is 0.587. The maximum Gasteiger partial charge on any atom is 0.244 e. The lowest BCUT2D eigenvalue weighted by molar-refractivity contribution is -0.116. The lowest BCUT2D eigenvalue weighted by Gasteiger charge is -2.22. The van der Waals surface area contributed by atoms with Crippen molar-refractivity contribution >= 4 is 24.4 Å². The van der Waals surface area contributed by atoms with E-state index in [-0.39, 0.29) is 24.1 Å². The number of nitrogens with one attached hydrogen (secondary N) is 2. The van der Waals surface area contributed by atoms with Crippen LogP contribution in [0.2, 0.25) is 0 Å². The van der Waals surface area contributed by atoms with Gasteiger partial charge in [-0.25, -0.2) is 4.39 Å². The first-order valence-electron chi connectivity index (χ1n) is 8.19. The summed E-state index contributed by atoms with van der Waals surface area (Å²) >= 11 is 0. The highest BCUT2D eigenvalue weighted by atomic mass is 35.5. The summed E-state index contributed by atoms with van der Waals surface area (Å²) < 4.78 is 13.4. The van der Waals surface area contributed by atoms with Crippen molar-refractivity contribution in [2.24, 2.45) is 0 Å². The van der Waals surface area contributed by atoms with E-state index in [0.717, 1.165) is 13.0 Å². The molecule has 1 saturated carbocycles. The molecular weight excluding hydrogens is 315 g/mol. The van der Waals surface area contributed by atoms with Gasteiger partial charge < -0.3 is 10.6 Å². The lowest BCUT2D eigenvalue weighted by atomic mass is 9.95. The molecule has 1 aromatic carbocycles. The number of benzene rings is 1. The Labute approximate surface area is 144 Å². The van der Waals surface area contributed by atoms with Gasteiger partial charge in [-0.2, -0.15) is 0 Å². The monoisotopic (exact) mass is 340 g/mol. The van der Waals surface area contributed by atoms with Gasteiger partial charge in [-0.15, -0.1) is 12.4 Å². The molecule has 0 unspecified atom stereocenters. The summed E-state index contributed by atoms with van der Waals surface area (Å²) in [5.41, 5.74) is 0.427. The van der Waals surface area contributed by atoms with Crippen molar-refractivity contribution in [3.05, 3.63) is 41.7 Å². The predicted molar refractivity (Wildman–Crippen MR) is 95.2 cm³/mol. The molecule has 23 heavy (non-hydrogen) atoms. The van der Waals surface area contributed by atoms with Crippen molar-refractivity contribution in [2.45, 2.75) is 44.6 Å². The van der Waals surface area contributed by atoms with E-state index in [1.165, 1.54) is 50.3 Å². The molecular formula is C18H26ClFN2O. The second-order valence-electron chi connectivity index (χ2n) is 5.79. The molecule has 1 aliphatic rings. The van der Waals surface area contributed by atoms with Crippen molar-refractivity contribution in [2.75, 3.05) is 13.1 Å². The van der Waals surface area contributed by atoms with Crippen LogP contribution in [0, 0.1) is 5.82 Å². The minimum absolute atomic E-state index is 0. The number of halogens is 2. The highest BCUT2D eigenvalue weighted by Crippen LogP contribution is 2.17. The Kier molecular flexibility index (Phi) is 9.57. The smallest absolute Gasteiger partial charge is 0.244 e. The zero-order valence-electron chi connectivity index (χ0n) is 13.4. The first kappa shape index (κ1) is 19.7. The van der Waals surface area contributed by atoms with Crippen molar-refractivity contribution in [1.82, 2.24) is 10.6 Å². The van der Waals surface area contributed by atoms with Crippen LogP contribution in [0.25, 0.3) is 6.08 Å². The topological polar surface area (TPSA) is 41.1 Å². The summed E-state index contributed by atoms with van der Waals surface area (Å²) in [5, 5.41) is 6.36. The van der Waals surface area contributed by atoms with Gasteiger partial charge in [-0.05, 0) is 37.9 Å². The van der Waals surface area contributed by atoms with E-state index in [9.17, 15) is 9.18 Å². The normalized spacial score (nSPS) is 15.3. The van der Waals surface area contributed by atoms with E-state index < -0.39 is 0 Å². The maximum absolute atomic E-state index is 13.4. The highest BCUT2D eigenvalue weighted by molar-refractivity contribution is 5.91. The van der Waals surface area contributed by atoms with Gasteiger partial charge in [0.2, 0.25) is 5.91 Å². The molecule has 0 bridgehead atoms. The second-order valence-corrected chi connectivity index (χ2v) is 5.79. The molecule has 2 rings (SSSR count). The zero-order valence-corrected chi connectivity index (χ0v) is 14.2. The summed E-state index contributed by atoms with van der Waals surface area (Å²) in [6.07, 6.45) is 10.4. The summed E-state index contributed by atoms with van der Waals surface area (Å²) in [7, 11) is 0. The Hall–Kier alpha value is -1.39. The molecule has 0 atom stereocenters. The van der Waals surface area contributed by atoms with Gasteiger partial charge in [0.05, 0.1) is 0 Å². The maximum atomic E-state index is 13.4. The van der Waals surface area contributed by atoms with Gasteiger partial charge in [0.1, 0.15) is 5.82 Å². The molecule has 5 heteroatoms. The largest absolute Gasteiger partial charge is 0.353 e. The third kappa shape index (κ3) is 7.62. The molecule has 1 amide bonds. The second kappa shape index (κ2) is 11.2. The third-order valence-corrected chi connectivity index (χ3v) is 4.01. The summed E-state index contributed by atoms with van der Waals surface area (Å²) in [4.78, 5) is 11.7. The van der Waals surface area contributed by atoms with E-state index in [2.05, 4.69) is 10.6 Å². The van der Waals surface area contributed by atoms with Crippen molar-refractivity contribution in [3.63, 3.8) is 0 Å². The van der Waals surface area contributed by atoms with Crippen LogP contribution in [0.15, 0.2) is 30.3 Å².